The molecule has 0 aliphatic heterocycles. The van der Waals surface area contributed by atoms with E-state index in [2.05, 4.69) is 73.9 Å². The first-order valence-corrected chi connectivity index (χ1v) is 12.2. The summed E-state index contributed by atoms with van der Waals surface area (Å²) in [5.74, 6) is 13.2. The minimum absolute atomic E-state index is 0.231. The molecule has 0 amide bonds. The summed E-state index contributed by atoms with van der Waals surface area (Å²) in [5, 5.41) is 0. The number of benzene rings is 3. The number of hydrogen-bond acceptors (Lipinski definition) is 0. The van der Waals surface area contributed by atoms with E-state index in [9.17, 15) is 4.39 Å². The fourth-order valence-electron chi connectivity index (χ4n) is 4.01. The van der Waals surface area contributed by atoms with Crippen LogP contribution >= 0.6 is 0 Å². The van der Waals surface area contributed by atoms with Crippen molar-refractivity contribution in [2.24, 2.45) is 0 Å². The molecule has 0 bridgehead atoms. The van der Waals surface area contributed by atoms with Crippen LogP contribution in [0.25, 0.3) is 0 Å². The molecular weight excluding hydrogens is 403 g/mol. The first-order chi connectivity index (χ1) is 16.2. The molecule has 1 fully saturated rings. The first-order valence-electron chi connectivity index (χ1n) is 12.2. The van der Waals surface area contributed by atoms with Gasteiger partial charge in [-0.2, -0.15) is 0 Å². The lowest BCUT2D eigenvalue weighted by atomic mass is 9.99. The second-order valence-corrected chi connectivity index (χ2v) is 8.94. The molecule has 1 aliphatic carbocycles. The van der Waals surface area contributed by atoms with Crippen LogP contribution in [0.3, 0.4) is 0 Å². The Kier molecular flexibility index (Phi) is 7.65. The molecule has 0 nitrogen and oxygen atoms in total. The topological polar surface area (TPSA) is 0 Å². The van der Waals surface area contributed by atoms with Gasteiger partial charge >= 0.3 is 0 Å². The Morgan fingerprint density at radius 2 is 1.36 bits per heavy atom. The lowest BCUT2D eigenvalue weighted by Crippen LogP contribution is -1.91. The van der Waals surface area contributed by atoms with E-state index in [1.165, 1.54) is 24.0 Å². The van der Waals surface area contributed by atoms with Crippen LogP contribution in [0.5, 0.6) is 0 Å². The Hall–Kier alpha value is -3.29. The van der Waals surface area contributed by atoms with Crippen molar-refractivity contribution >= 4 is 0 Å². The SMILES string of the molecule is CCCCc1ccc(C#Cc2ccc(C#Cc3ccc(CCC)cc3)c(C3CC3)c2)c(F)c1. The molecule has 3 aromatic carbocycles. The molecule has 33 heavy (non-hydrogen) atoms. The van der Waals surface area contributed by atoms with Gasteiger partial charge in [-0.3, -0.25) is 0 Å². The lowest BCUT2D eigenvalue weighted by Gasteiger charge is -2.04. The molecule has 0 N–H and O–H groups in total. The van der Waals surface area contributed by atoms with E-state index in [1.54, 1.807) is 12.1 Å². The van der Waals surface area contributed by atoms with Crippen molar-refractivity contribution in [1.29, 1.82) is 0 Å². The number of rotatable bonds is 6. The molecule has 3 aromatic rings. The van der Waals surface area contributed by atoms with Gasteiger partial charge in [-0.25, -0.2) is 4.39 Å². The molecule has 1 aliphatic rings. The van der Waals surface area contributed by atoms with Gasteiger partial charge in [0, 0.05) is 16.7 Å². The van der Waals surface area contributed by atoms with Crippen LogP contribution in [0.1, 0.15) is 90.8 Å². The highest BCUT2D eigenvalue weighted by Crippen LogP contribution is 2.41. The third-order valence-corrected chi connectivity index (χ3v) is 6.10. The van der Waals surface area contributed by atoms with Gasteiger partial charge in [0.25, 0.3) is 0 Å². The van der Waals surface area contributed by atoms with E-state index in [-0.39, 0.29) is 5.82 Å². The fourth-order valence-corrected chi connectivity index (χ4v) is 4.01. The minimum atomic E-state index is -0.231. The smallest absolute Gasteiger partial charge is 0.139 e. The van der Waals surface area contributed by atoms with Crippen molar-refractivity contribution in [3.63, 3.8) is 0 Å². The molecule has 0 radical (unpaired) electrons. The van der Waals surface area contributed by atoms with Crippen molar-refractivity contribution in [3.05, 3.63) is 105 Å². The monoisotopic (exact) mass is 434 g/mol. The quantitative estimate of drug-likeness (QED) is 0.347. The highest BCUT2D eigenvalue weighted by Gasteiger charge is 2.25. The van der Waals surface area contributed by atoms with Crippen molar-refractivity contribution in [1.82, 2.24) is 0 Å². The summed E-state index contributed by atoms with van der Waals surface area (Å²) in [6.45, 7) is 4.34. The van der Waals surface area contributed by atoms with Crippen molar-refractivity contribution in [3.8, 4) is 23.7 Å². The van der Waals surface area contributed by atoms with Crippen LogP contribution in [0.15, 0.2) is 60.7 Å². The van der Waals surface area contributed by atoms with Crippen LogP contribution in [-0.2, 0) is 12.8 Å². The standard InChI is InChI=1S/C32H31F/c1-3-5-7-26-14-18-30(32(33)23-26)19-15-27-13-17-28(31(22-27)29-20-21-29)16-12-25-10-8-24(6-4-2)9-11-25/h8-11,13-14,17-18,22-23,29H,3-7,20-21H2,1-2H3. The molecule has 1 heteroatoms. The van der Waals surface area contributed by atoms with E-state index < -0.39 is 0 Å². The molecule has 0 spiro atoms. The summed E-state index contributed by atoms with van der Waals surface area (Å²) >= 11 is 0. The number of unbranched alkanes of at least 4 members (excludes halogenated alkanes) is 1. The van der Waals surface area contributed by atoms with Crippen LogP contribution in [-0.4, -0.2) is 0 Å². The van der Waals surface area contributed by atoms with E-state index >= 15 is 0 Å². The van der Waals surface area contributed by atoms with E-state index in [4.69, 9.17) is 0 Å². The Morgan fingerprint density at radius 1 is 0.697 bits per heavy atom. The first kappa shape index (κ1) is 22.9. The van der Waals surface area contributed by atoms with E-state index in [0.717, 1.165) is 54.4 Å². The zero-order valence-electron chi connectivity index (χ0n) is 19.7. The van der Waals surface area contributed by atoms with Crippen LogP contribution in [0.4, 0.5) is 4.39 Å². The molecular formula is C32H31F. The van der Waals surface area contributed by atoms with Gasteiger partial charge in [0.2, 0.25) is 0 Å². The highest BCUT2D eigenvalue weighted by molar-refractivity contribution is 5.54. The van der Waals surface area contributed by atoms with Gasteiger partial charge < -0.3 is 0 Å². The summed E-state index contributed by atoms with van der Waals surface area (Å²) in [5.41, 5.74) is 7.16. The molecule has 1 saturated carbocycles. The van der Waals surface area contributed by atoms with Gasteiger partial charge in [-0.1, -0.05) is 68.6 Å². The minimum Gasteiger partial charge on any atom is -0.206 e. The molecule has 4 rings (SSSR count). The maximum Gasteiger partial charge on any atom is 0.139 e. The normalized spacial score (nSPS) is 12.5. The van der Waals surface area contributed by atoms with Gasteiger partial charge in [0.05, 0.1) is 5.56 Å². The maximum atomic E-state index is 14.5. The second-order valence-electron chi connectivity index (χ2n) is 8.94. The summed E-state index contributed by atoms with van der Waals surface area (Å²) in [7, 11) is 0. The maximum absolute atomic E-state index is 14.5. The van der Waals surface area contributed by atoms with Gasteiger partial charge in [-0.05, 0) is 97.2 Å². The van der Waals surface area contributed by atoms with Crippen molar-refractivity contribution < 1.29 is 4.39 Å². The molecule has 0 saturated heterocycles. The van der Waals surface area contributed by atoms with Crippen LogP contribution in [0.2, 0.25) is 0 Å². The van der Waals surface area contributed by atoms with Gasteiger partial charge in [0.1, 0.15) is 5.82 Å². The largest absolute Gasteiger partial charge is 0.206 e. The van der Waals surface area contributed by atoms with Crippen LogP contribution < -0.4 is 0 Å². The van der Waals surface area contributed by atoms with E-state index in [0.29, 0.717) is 11.5 Å². The zero-order valence-corrected chi connectivity index (χ0v) is 19.7. The molecule has 0 heterocycles. The summed E-state index contributed by atoms with van der Waals surface area (Å²) in [6.07, 6.45) is 7.76. The Labute approximate surface area is 198 Å². The molecule has 0 aromatic heterocycles. The summed E-state index contributed by atoms with van der Waals surface area (Å²) < 4.78 is 14.5. The average molecular weight is 435 g/mol. The third-order valence-electron chi connectivity index (χ3n) is 6.10. The highest BCUT2D eigenvalue weighted by atomic mass is 19.1. The number of aryl methyl sites for hydroxylation is 2. The average Bonchev–Trinajstić information content (AvgIpc) is 3.68. The molecule has 0 unspecified atom stereocenters. The number of halogens is 1. The Bertz CT molecular complexity index is 1220. The predicted octanol–water partition coefficient (Wildman–Crippen LogP) is 7.80. The number of hydrogen-bond donors (Lipinski definition) is 0. The molecule has 166 valence electrons. The second kappa shape index (κ2) is 11.0. The van der Waals surface area contributed by atoms with E-state index in [1.807, 2.05) is 12.1 Å². The summed E-state index contributed by atoms with van der Waals surface area (Å²) in [6, 6.07) is 20.2. The molecule has 0 atom stereocenters. The Morgan fingerprint density at radius 3 is 2.06 bits per heavy atom. The third kappa shape index (κ3) is 6.37. The van der Waals surface area contributed by atoms with Crippen LogP contribution in [0, 0.1) is 29.5 Å². The predicted molar refractivity (Wildman–Crippen MR) is 136 cm³/mol. The van der Waals surface area contributed by atoms with Crippen molar-refractivity contribution in [2.75, 3.05) is 0 Å². The fraction of sp³-hybridized carbons (Fsp3) is 0.312. The van der Waals surface area contributed by atoms with Gasteiger partial charge in [0.15, 0.2) is 0 Å². The Balaban J connectivity index is 1.53. The summed E-state index contributed by atoms with van der Waals surface area (Å²) in [4.78, 5) is 0. The van der Waals surface area contributed by atoms with Crippen molar-refractivity contribution in [2.45, 2.75) is 64.7 Å². The van der Waals surface area contributed by atoms with Gasteiger partial charge in [-0.15, -0.1) is 0 Å². The zero-order chi connectivity index (χ0) is 23.0. The lowest BCUT2D eigenvalue weighted by molar-refractivity contribution is 0.620.